The third kappa shape index (κ3) is 6.73. The number of para-hydroxylation sites is 1. The molecule has 1 aliphatic rings. The van der Waals surface area contributed by atoms with E-state index < -0.39 is 51.0 Å². The number of fused-ring (bicyclic) bond motifs is 1. The molecule has 42 heavy (non-hydrogen) atoms. The van der Waals surface area contributed by atoms with Crippen molar-refractivity contribution in [3.8, 4) is 5.75 Å². The Morgan fingerprint density at radius 3 is 2.60 bits per heavy atom. The van der Waals surface area contributed by atoms with E-state index in [1.165, 1.54) is 17.7 Å². The Morgan fingerprint density at radius 2 is 1.88 bits per heavy atom. The number of esters is 1. The standard InChI is InChI=1S/C27H28ClFN5O7P/c1-16(26(36)38-14-17-8-4-2-5-9-17)33-42(37,41-18-10-6-3-7-11-18)39-15-20-22(35)21(29)25(40-20)34-13-12-19-23(30)31-27(28)32-24(19)34/h2-13,16,20-22,25,35H,14-15H2,1H3,(H,33,37)(H2,30,31,32)/t16-,20+,21-,22+,25+,42?/m0/s1. The van der Waals surface area contributed by atoms with Crippen LogP contribution in [0.2, 0.25) is 5.28 Å². The molecule has 3 heterocycles. The molecule has 0 aliphatic carbocycles. The molecule has 0 spiro atoms. The molecule has 0 saturated carbocycles. The molecule has 5 rings (SSSR count). The molecule has 0 amide bonds. The predicted octanol–water partition coefficient (Wildman–Crippen LogP) is 4.19. The van der Waals surface area contributed by atoms with Crippen molar-refractivity contribution < 1.29 is 37.4 Å². The number of rotatable bonds is 11. The first kappa shape index (κ1) is 29.9. The lowest BCUT2D eigenvalue weighted by atomic mass is 10.1. The summed E-state index contributed by atoms with van der Waals surface area (Å²) in [4.78, 5) is 20.6. The van der Waals surface area contributed by atoms with E-state index in [0.717, 1.165) is 5.56 Å². The lowest BCUT2D eigenvalue weighted by Gasteiger charge is -2.24. The molecule has 0 bridgehead atoms. The van der Waals surface area contributed by atoms with Gasteiger partial charge in [-0.2, -0.15) is 10.1 Å². The summed E-state index contributed by atoms with van der Waals surface area (Å²) in [6, 6.07) is 17.6. The van der Waals surface area contributed by atoms with Crippen molar-refractivity contribution in [1.82, 2.24) is 19.6 Å². The lowest BCUT2D eigenvalue weighted by molar-refractivity contribution is -0.146. The number of aliphatic hydroxyl groups excluding tert-OH is 1. The van der Waals surface area contributed by atoms with Crippen molar-refractivity contribution in [2.75, 3.05) is 12.3 Å². The number of ether oxygens (including phenoxy) is 2. The van der Waals surface area contributed by atoms with Crippen LogP contribution in [-0.4, -0.2) is 56.6 Å². The van der Waals surface area contributed by atoms with Gasteiger partial charge in [-0.25, -0.2) is 13.9 Å². The lowest BCUT2D eigenvalue weighted by Crippen LogP contribution is -2.37. The van der Waals surface area contributed by atoms with Gasteiger partial charge < -0.3 is 29.4 Å². The summed E-state index contributed by atoms with van der Waals surface area (Å²) in [7, 11) is -4.30. The zero-order valence-electron chi connectivity index (χ0n) is 22.2. The Balaban J connectivity index is 1.29. The summed E-state index contributed by atoms with van der Waals surface area (Å²) in [5.41, 5.74) is 6.86. The maximum absolute atomic E-state index is 15.3. The van der Waals surface area contributed by atoms with E-state index in [1.807, 2.05) is 18.2 Å². The molecule has 1 aliphatic heterocycles. The number of benzene rings is 2. The molecule has 222 valence electrons. The van der Waals surface area contributed by atoms with Gasteiger partial charge in [0.15, 0.2) is 12.4 Å². The van der Waals surface area contributed by atoms with Gasteiger partial charge in [-0.05, 0) is 42.3 Å². The third-order valence-corrected chi connectivity index (χ3v) is 8.26. The van der Waals surface area contributed by atoms with E-state index in [9.17, 15) is 14.5 Å². The molecule has 12 nitrogen and oxygen atoms in total. The second kappa shape index (κ2) is 12.7. The highest BCUT2D eigenvalue weighted by Crippen LogP contribution is 2.46. The Bertz CT molecular complexity index is 1580. The van der Waals surface area contributed by atoms with Crippen LogP contribution in [0.4, 0.5) is 10.2 Å². The van der Waals surface area contributed by atoms with Gasteiger partial charge in [-0.3, -0.25) is 9.32 Å². The van der Waals surface area contributed by atoms with Gasteiger partial charge >= 0.3 is 13.7 Å². The average Bonchev–Trinajstić information content (AvgIpc) is 3.52. The van der Waals surface area contributed by atoms with Crippen LogP contribution < -0.4 is 15.3 Å². The molecule has 6 atom stereocenters. The first-order valence-electron chi connectivity index (χ1n) is 12.9. The Kier molecular flexibility index (Phi) is 9.07. The topological polar surface area (TPSA) is 160 Å². The molecule has 1 saturated heterocycles. The summed E-state index contributed by atoms with van der Waals surface area (Å²) in [5, 5.41) is 13.5. The van der Waals surface area contributed by atoms with Crippen molar-refractivity contribution >= 4 is 42.2 Å². The third-order valence-electron chi connectivity index (χ3n) is 6.45. The molecular weight excluding hydrogens is 592 g/mol. The van der Waals surface area contributed by atoms with Gasteiger partial charge in [-0.15, -0.1) is 0 Å². The highest BCUT2D eigenvalue weighted by Gasteiger charge is 2.47. The number of aromatic nitrogens is 3. The van der Waals surface area contributed by atoms with Crippen molar-refractivity contribution in [1.29, 1.82) is 0 Å². The van der Waals surface area contributed by atoms with Gasteiger partial charge in [0.25, 0.3) is 0 Å². The zero-order chi connectivity index (χ0) is 29.9. The fourth-order valence-electron chi connectivity index (χ4n) is 4.32. The first-order valence-corrected chi connectivity index (χ1v) is 14.8. The first-order chi connectivity index (χ1) is 20.1. The van der Waals surface area contributed by atoms with Crippen LogP contribution in [0.15, 0.2) is 72.9 Å². The molecule has 1 fully saturated rings. The van der Waals surface area contributed by atoms with E-state index in [2.05, 4.69) is 15.1 Å². The van der Waals surface area contributed by atoms with Crippen LogP contribution in [0.3, 0.4) is 0 Å². The van der Waals surface area contributed by atoms with Gasteiger partial charge in [0.2, 0.25) is 5.28 Å². The number of alkyl halides is 1. The van der Waals surface area contributed by atoms with Crippen LogP contribution in [0.5, 0.6) is 5.75 Å². The van der Waals surface area contributed by atoms with E-state index in [-0.39, 0.29) is 29.1 Å². The minimum Gasteiger partial charge on any atom is -0.460 e. The normalized spacial score (nSPS) is 22.5. The number of nitrogens with zero attached hydrogens (tertiary/aromatic N) is 3. The second-order valence-electron chi connectivity index (χ2n) is 9.48. The molecular formula is C27H28ClFN5O7P. The SMILES string of the molecule is C[C@H](NP(=O)(OC[C@H]1O[C@@H](n2ccc3c(N)nc(Cl)nc32)[C@@H](F)[C@@H]1O)Oc1ccccc1)C(=O)OCc1ccccc1. The molecule has 15 heteroatoms. The number of carbonyl (C=O) groups is 1. The van der Waals surface area contributed by atoms with Gasteiger partial charge in [0.05, 0.1) is 12.0 Å². The minimum absolute atomic E-state index is 0.00757. The molecule has 1 unspecified atom stereocenters. The smallest absolute Gasteiger partial charge is 0.459 e. The molecule has 2 aromatic carbocycles. The number of halogens is 2. The quantitative estimate of drug-likeness (QED) is 0.125. The maximum Gasteiger partial charge on any atom is 0.459 e. The summed E-state index contributed by atoms with van der Waals surface area (Å²) < 4.78 is 52.8. The van der Waals surface area contributed by atoms with Gasteiger partial charge in [0, 0.05) is 6.20 Å². The van der Waals surface area contributed by atoms with Crippen LogP contribution in [-0.2, 0) is 30.0 Å². The zero-order valence-corrected chi connectivity index (χ0v) is 23.9. The number of nitrogens with two attached hydrogens (primary N) is 1. The van der Waals surface area contributed by atoms with Crippen LogP contribution in [0.25, 0.3) is 11.0 Å². The van der Waals surface area contributed by atoms with Crippen LogP contribution in [0.1, 0.15) is 18.7 Å². The van der Waals surface area contributed by atoms with E-state index >= 15 is 4.39 Å². The van der Waals surface area contributed by atoms with E-state index in [1.54, 1.807) is 48.5 Å². The molecule has 0 radical (unpaired) electrons. The van der Waals surface area contributed by atoms with Crippen molar-refractivity contribution in [2.24, 2.45) is 0 Å². The van der Waals surface area contributed by atoms with Crippen molar-refractivity contribution in [3.05, 3.63) is 83.8 Å². The summed E-state index contributed by atoms with van der Waals surface area (Å²) in [6.45, 7) is 0.883. The van der Waals surface area contributed by atoms with Crippen molar-refractivity contribution in [3.63, 3.8) is 0 Å². The highest BCUT2D eigenvalue weighted by atomic mass is 35.5. The number of carbonyl (C=O) groups excluding carboxylic acids is 1. The minimum atomic E-state index is -4.30. The van der Waals surface area contributed by atoms with Gasteiger partial charge in [0.1, 0.15) is 42.1 Å². The number of nitrogen functional groups attached to an aromatic ring is 1. The summed E-state index contributed by atoms with van der Waals surface area (Å²) in [5.74, 6) is -0.431. The Hall–Kier alpha value is -3.58. The number of nitrogens with one attached hydrogen (secondary N) is 1. The Labute approximate surface area is 245 Å². The number of anilines is 1. The largest absolute Gasteiger partial charge is 0.460 e. The van der Waals surface area contributed by atoms with Crippen LogP contribution in [0, 0.1) is 0 Å². The molecule has 4 N–H and O–H groups in total. The molecule has 2 aromatic heterocycles. The van der Waals surface area contributed by atoms with E-state index in [0.29, 0.717) is 5.39 Å². The van der Waals surface area contributed by atoms with E-state index in [4.69, 9.17) is 35.9 Å². The predicted molar refractivity (Wildman–Crippen MR) is 151 cm³/mol. The highest BCUT2D eigenvalue weighted by molar-refractivity contribution is 7.52. The number of hydrogen-bond acceptors (Lipinski definition) is 10. The second-order valence-corrected chi connectivity index (χ2v) is 11.5. The number of aliphatic hydroxyl groups is 1. The van der Waals surface area contributed by atoms with Gasteiger partial charge in [-0.1, -0.05) is 48.5 Å². The fourth-order valence-corrected chi connectivity index (χ4v) is 6.00. The fraction of sp³-hybridized carbons (Fsp3) is 0.296. The summed E-state index contributed by atoms with van der Waals surface area (Å²) in [6.07, 6.45) is -4.70. The molecule has 4 aromatic rings. The number of hydrogen-bond donors (Lipinski definition) is 3. The summed E-state index contributed by atoms with van der Waals surface area (Å²) >= 11 is 5.93. The average molecular weight is 620 g/mol. The maximum atomic E-state index is 15.3. The monoisotopic (exact) mass is 619 g/mol. The van der Waals surface area contributed by atoms with Crippen LogP contribution >= 0.6 is 19.3 Å². The van der Waals surface area contributed by atoms with Crippen molar-refractivity contribution in [2.45, 2.75) is 44.2 Å². The Morgan fingerprint density at radius 1 is 1.19 bits per heavy atom.